The average Bonchev–Trinajstić information content (AvgIpc) is 2.98. The minimum Gasteiger partial charge on any atom is -0.390 e. The highest BCUT2D eigenvalue weighted by atomic mass is 32.2. The van der Waals surface area contributed by atoms with Gasteiger partial charge in [0, 0.05) is 17.9 Å². The van der Waals surface area contributed by atoms with Crippen LogP contribution in [0.5, 0.6) is 0 Å². The largest absolute Gasteiger partial charge is 0.390 e. The van der Waals surface area contributed by atoms with E-state index in [1.165, 1.54) is 5.56 Å². The molecule has 0 saturated carbocycles. The van der Waals surface area contributed by atoms with Gasteiger partial charge in [0.05, 0.1) is 18.0 Å². The highest BCUT2D eigenvalue weighted by Gasteiger charge is 2.21. The van der Waals surface area contributed by atoms with Gasteiger partial charge in [-0.05, 0) is 11.5 Å². The molecule has 0 aliphatic carbocycles. The SMILES string of the molecule is CC(C)c1ccc(-c2nc3n(c2CO)CCS3)cc1. The second kappa shape index (κ2) is 5.02. The van der Waals surface area contributed by atoms with Gasteiger partial charge in [0.15, 0.2) is 5.16 Å². The Morgan fingerprint density at radius 3 is 2.68 bits per heavy atom. The molecule has 0 unspecified atom stereocenters. The number of rotatable bonds is 3. The number of nitrogens with zero attached hydrogens (tertiary/aromatic N) is 2. The summed E-state index contributed by atoms with van der Waals surface area (Å²) in [5, 5.41) is 10.6. The molecule has 4 heteroatoms. The predicted molar refractivity (Wildman–Crippen MR) is 78.4 cm³/mol. The second-order valence-electron chi connectivity index (χ2n) is 5.12. The molecule has 1 aliphatic rings. The third-order valence-electron chi connectivity index (χ3n) is 3.58. The molecule has 1 aliphatic heterocycles. The van der Waals surface area contributed by atoms with Gasteiger partial charge >= 0.3 is 0 Å². The molecule has 100 valence electrons. The van der Waals surface area contributed by atoms with Gasteiger partial charge in [0.2, 0.25) is 0 Å². The predicted octanol–water partition coefficient (Wildman–Crippen LogP) is 3.27. The lowest BCUT2D eigenvalue weighted by Gasteiger charge is -2.07. The summed E-state index contributed by atoms with van der Waals surface area (Å²) in [5.41, 5.74) is 4.30. The van der Waals surface area contributed by atoms with Gasteiger partial charge in [-0.2, -0.15) is 0 Å². The van der Waals surface area contributed by atoms with Crippen LogP contribution in [0, 0.1) is 0 Å². The fourth-order valence-corrected chi connectivity index (χ4v) is 3.42. The Morgan fingerprint density at radius 2 is 2.05 bits per heavy atom. The summed E-state index contributed by atoms with van der Waals surface area (Å²) in [6.07, 6.45) is 0. The minimum absolute atomic E-state index is 0.0504. The number of imidazole rings is 1. The highest BCUT2D eigenvalue weighted by molar-refractivity contribution is 7.99. The van der Waals surface area contributed by atoms with Gasteiger partial charge in [0.1, 0.15) is 0 Å². The fourth-order valence-electron chi connectivity index (χ4n) is 2.45. The second-order valence-corrected chi connectivity index (χ2v) is 6.19. The van der Waals surface area contributed by atoms with E-state index in [1.807, 2.05) is 0 Å². The van der Waals surface area contributed by atoms with E-state index in [2.05, 4.69) is 47.7 Å². The molecule has 2 heterocycles. The van der Waals surface area contributed by atoms with E-state index in [0.717, 1.165) is 34.4 Å². The van der Waals surface area contributed by atoms with E-state index in [-0.39, 0.29) is 6.61 Å². The van der Waals surface area contributed by atoms with Crippen molar-refractivity contribution in [2.24, 2.45) is 0 Å². The first-order valence-electron chi connectivity index (χ1n) is 6.64. The van der Waals surface area contributed by atoms with Crippen LogP contribution in [0.15, 0.2) is 29.4 Å². The highest BCUT2D eigenvalue weighted by Crippen LogP contribution is 2.33. The van der Waals surface area contributed by atoms with E-state index in [1.54, 1.807) is 11.8 Å². The van der Waals surface area contributed by atoms with Crippen LogP contribution in [0.2, 0.25) is 0 Å². The maximum Gasteiger partial charge on any atom is 0.168 e. The van der Waals surface area contributed by atoms with E-state index >= 15 is 0 Å². The average molecular weight is 274 g/mol. The molecular weight excluding hydrogens is 256 g/mol. The molecule has 0 spiro atoms. The van der Waals surface area contributed by atoms with Crippen molar-refractivity contribution in [2.45, 2.75) is 38.1 Å². The quantitative estimate of drug-likeness (QED) is 0.933. The number of benzene rings is 1. The molecule has 0 fully saturated rings. The van der Waals surface area contributed by atoms with Crippen molar-refractivity contribution < 1.29 is 5.11 Å². The van der Waals surface area contributed by atoms with Crippen LogP contribution in [0.3, 0.4) is 0 Å². The molecular formula is C15H18N2OS. The van der Waals surface area contributed by atoms with Crippen LogP contribution in [0.4, 0.5) is 0 Å². The molecule has 1 aromatic carbocycles. The number of thioether (sulfide) groups is 1. The Balaban J connectivity index is 2.02. The van der Waals surface area contributed by atoms with Gasteiger partial charge in [-0.1, -0.05) is 49.9 Å². The van der Waals surface area contributed by atoms with Gasteiger partial charge in [-0.3, -0.25) is 0 Å². The molecule has 1 aromatic heterocycles. The minimum atomic E-state index is 0.0504. The van der Waals surface area contributed by atoms with Gasteiger partial charge < -0.3 is 9.67 Å². The van der Waals surface area contributed by atoms with Gasteiger partial charge in [-0.25, -0.2) is 4.98 Å². The van der Waals surface area contributed by atoms with Crippen molar-refractivity contribution in [2.75, 3.05) is 5.75 Å². The lowest BCUT2D eigenvalue weighted by molar-refractivity contribution is 0.271. The molecule has 1 N–H and O–H groups in total. The van der Waals surface area contributed by atoms with Crippen molar-refractivity contribution in [1.29, 1.82) is 0 Å². The molecule has 0 bridgehead atoms. The maximum atomic E-state index is 9.61. The Hall–Kier alpha value is -1.26. The molecule has 3 rings (SSSR count). The number of hydrogen-bond donors (Lipinski definition) is 1. The van der Waals surface area contributed by atoms with Crippen LogP contribution < -0.4 is 0 Å². The smallest absolute Gasteiger partial charge is 0.168 e. The molecule has 0 radical (unpaired) electrons. The van der Waals surface area contributed by atoms with Crippen LogP contribution in [0.25, 0.3) is 11.3 Å². The molecule has 19 heavy (non-hydrogen) atoms. The van der Waals surface area contributed by atoms with E-state index in [0.29, 0.717) is 5.92 Å². The fraction of sp³-hybridized carbons (Fsp3) is 0.400. The molecule has 0 atom stereocenters. The first kappa shape index (κ1) is 12.8. The van der Waals surface area contributed by atoms with Gasteiger partial charge in [-0.15, -0.1) is 0 Å². The standard InChI is InChI=1S/C15H18N2OS/c1-10(2)11-3-5-12(6-4-11)14-13(9-18)17-7-8-19-15(17)16-14/h3-6,10,18H,7-9H2,1-2H3. The lowest BCUT2D eigenvalue weighted by atomic mass is 10.0. The van der Waals surface area contributed by atoms with Gasteiger partial charge in [0.25, 0.3) is 0 Å². The molecule has 0 saturated heterocycles. The summed E-state index contributed by atoms with van der Waals surface area (Å²) in [4.78, 5) is 4.67. The zero-order valence-electron chi connectivity index (χ0n) is 11.3. The van der Waals surface area contributed by atoms with Crippen LogP contribution in [-0.4, -0.2) is 20.4 Å². The number of aliphatic hydroxyl groups excluding tert-OH is 1. The summed E-state index contributed by atoms with van der Waals surface area (Å²) in [6, 6.07) is 8.52. The Morgan fingerprint density at radius 1 is 1.32 bits per heavy atom. The summed E-state index contributed by atoms with van der Waals surface area (Å²) < 4.78 is 2.14. The van der Waals surface area contributed by atoms with E-state index < -0.39 is 0 Å². The van der Waals surface area contributed by atoms with Crippen molar-refractivity contribution >= 4 is 11.8 Å². The third kappa shape index (κ3) is 2.19. The normalized spacial score (nSPS) is 14.1. The summed E-state index contributed by atoms with van der Waals surface area (Å²) in [7, 11) is 0. The van der Waals surface area contributed by atoms with Crippen LogP contribution in [-0.2, 0) is 13.2 Å². The monoisotopic (exact) mass is 274 g/mol. The van der Waals surface area contributed by atoms with E-state index in [9.17, 15) is 5.11 Å². The third-order valence-corrected chi connectivity index (χ3v) is 4.54. The number of aromatic nitrogens is 2. The van der Waals surface area contributed by atoms with Crippen LogP contribution in [0.1, 0.15) is 31.0 Å². The van der Waals surface area contributed by atoms with Crippen LogP contribution >= 0.6 is 11.8 Å². The Kier molecular flexibility index (Phi) is 3.37. The van der Waals surface area contributed by atoms with E-state index in [4.69, 9.17) is 0 Å². The number of fused-ring (bicyclic) bond motifs is 1. The molecule has 3 nitrogen and oxygen atoms in total. The topological polar surface area (TPSA) is 38.0 Å². The number of aliphatic hydroxyl groups is 1. The Bertz CT molecular complexity index is 587. The van der Waals surface area contributed by atoms with Crippen molar-refractivity contribution in [3.63, 3.8) is 0 Å². The molecule has 2 aromatic rings. The van der Waals surface area contributed by atoms with Crippen molar-refractivity contribution in [1.82, 2.24) is 9.55 Å². The van der Waals surface area contributed by atoms with Crippen molar-refractivity contribution in [3.8, 4) is 11.3 Å². The molecule has 0 amide bonds. The zero-order chi connectivity index (χ0) is 13.4. The van der Waals surface area contributed by atoms with Crippen molar-refractivity contribution in [3.05, 3.63) is 35.5 Å². The maximum absolute atomic E-state index is 9.61. The summed E-state index contributed by atoms with van der Waals surface area (Å²) in [6.45, 7) is 5.38. The zero-order valence-corrected chi connectivity index (χ0v) is 12.1. The number of hydrogen-bond acceptors (Lipinski definition) is 3. The first-order chi connectivity index (χ1) is 9.20. The summed E-state index contributed by atoms with van der Waals surface area (Å²) >= 11 is 1.76. The Labute approximate surface area is 117 Å². The summed E-state index contributed by atoms with van der Waals surface area (Å²) in [5.74, 6) is 1.59. The lowest BCUT2D eigenvalue weighted by Crippen LogP contribution is -2.01. The first-order valence-corrected chi connectivity index (χ1v) is 7.62.